The van der Waals surface area contributed by atoms with Gasteiger partial charge < -0.3 is 10.3 Å². The number of hydroxylamine groups is 4. The summed E-state index contributed by atoms with van der Waals surface area (Å²) in [6.07, 6.45) is 5.55. The van der Waals surface area contributed by atoms with E-state index in [2.05, 4.69) is 4.84 Å². The number of carbonyl (C=O) groups is 4. The second-order valence-electron chi connectivity index (χ2n) is 8.50. The number of unbranched alkanes of at least 4 members (excludes halogenated alkanes) is 3. The van der Waals surface area contributed by atoms with E-state index < -0.39 is 23.6 Å². The lowest BCUT2D eigenvalue weighted by molar-refractivity contribution is -0.0919. The van der Waals surface area contributed by atoms with E-state index in [1.807, 2.05) is 0 Å². The van der Waals surface area contributed by atoms with Crippen LogP contribution in [0.2, 0.25) is 0 Å². The number of carbonyl (C=O) groups excluding carboxylic acids is 4. The Morgan fingerprint density at radius 3 is 1.27 bits per heavy atom. The Bertz CT molecular complexity index is 1090. The number of nitrogens with two attached hydrogens (primary N) is 1. The van der Waals surface area contributed by atoms with Gasteiger partial charge in [0.1, 0.15) is 0 Å². The molecule has 254 valence electrons. The normalized spacial score (nSPS) is 12.2. The summed E-state index contributed by atoms with van der Waals surface area (Å²) < 4.78 is 0. The van der Waals surface area contributed by atoms with E-state index in [0.29, 0.717) is 36.1 Å². The summed E-state index contributed by atoms with van der Waals surface area (Å²) in [6.45, 7) is 0.935. The van der Waals surface area contributed by atoms with E-state index in [1.54, 1.807) is 36.4 Å². The van der Waals surface area contributed by atoms with Crippen LogP contribution in [-0.4, -0.2) is 81.2 Å². The van der Waals surface area contributed by atoms with Crippen molar-refractivity contribution in [2.75, 3.05) is 36.7 Å². The second-order valence-corrected chi connectivity index (χ2v) is 10.0. The highest BCUT2D eigenvalue weighted by molar-refractivity contribution is 6.21. The van der Waals surface area contributed by atoms with E-state index in [4.69, 9.17) is 73.4 Å². The Labute approximate surface area is 283 Å². The zero-order valence-corrected chi connectivity index (χ0v) is 27.5. The van der Waals surface area contributed by atoms with E-state index in [9.17, 15) is 19.2 Å². The summed E-state index contributed by atoms with van der Waals surface area (Å²) in [6, 6.07) is 13.0. The summed E-state index contributed by atoms with van der Waals surface area (Å²) >= 11 is 21.5. The van der Waals surface area contributed by atoms with E-state index in [0.717, 1.165) is 55.3 Å². The number of nitrogens with one attached hydrogen (secondary N) is 2. The van der Waals surface area contributed by atoms with Gasteiger partial charge in [0.15, 0.2) is 0 Å². The molecule has 2 aliphatic rings. The number of hydrogen-bond acceptors (Lipinski definition) is 10. The van der Waals surface area contributed by atoms with E-state index in [-0.39, 0.29) is 23.1 Å². The number of fused-ring (bicyclic) bond motifs is 2. The number of hydrogen-bond donors (Lipinski definition) is 4. The van der Waals surface area contributed by atoms with Crippen LogP contribution in [-0.2, 0) is 9.68 Å². The van der Waals surface area contributed by atoms with Gasteiger partial charge in [-0.15, -0.1) is 56.5 Å². The first kappa shape index (κ1) is 44.4. The van der Waals surface area contributed by atoms with Gasteiger partial charge in [-0.05, 0) is 62.8 Å². The zero-order chi connectivity index (χ0) is 33.3. The number of rotatable bonds is 12. The highest BCUT2D eigenvalue weighted by Crippen LogP contribution is 2.23. The van der Waals surface area contributed by atoms with Crippen molar-refractivity contribution in [3.63, 3.8) is 0 Å². The molecule has 2 aromatic carbocycles. The molecule has 7 N–H and O–H groups in total. The lowest BCUT2D eigenvalue weighted by atomic mass is 10.1. The van der Waals surface area contributed by atoms with Crippen LogP contribution < -0.4 is 5.90 Å². The molecule has 4 rings (SSSR count). The van der Waals surface area contributed by atoms with Crippen molar-refractivity contribution in [1.29, 1.82) is 11.1 Å². The highest BCUT2D eigenvalue weighted by atomic mass is 35.5. The minimum Gasteiger partial charge on any atom is -0.412 e. The number of alkyl halides is 4. The molecular formula is C28H41Cl4N5O8. The van der Waals surface area contributed by atoms with Crippen molar-refractivity contribution < 1.29 is 41.0 Å². The molecule has 0 aliphatic carbocycles. The Balaban J connectivity index is -0.000000561. The fraction of sp³-hybridized carbons (Fsp3) is 0.429. The van der Waals surface area contributed by atoms with Crippen molar-refractivity contribution in [2.24, 2.45) is 5.90 Å². The monoisotopic (exact) mass is 715 g/mol. The number of benzene rings is 2. The van der Waals surface area contributed by atoms with Crippen molar-refractivity contribution in [1.82, 2.24) is 10.1 Å². The van der Waals surface area contributed by atoms with Crippen LogP contribution in [0.15, 0.2) is 48.5 Å². The summed E-state index contributed by atoms with van der Waals surface area (Å²) in [5.74, 6) is 5.36. The number of nitrogens with zero attached hydrogens (tertiary/aromatic N) is 2. The molecule has 2 aliphatic heterocycles. The Kier molecular flexibility index (Phi) is 27.2. The van der Waals surface area contributed by atoms with Gasteiger partial charge in [-0.3, -0.25) is 29.2 Å². The minimum atomic E-state index is -0.657. The third-order valence-corrected chi connectivity index (χ3v) is 6.51. The number of amides is 4. The van der Waals surface area contributed by atoms with Crippen LogP contribution in [0.3, 0.4) is 0 Å². The van der Waals surface area contributed by atoms with Gasteiger partial charge in [-0.25, -0.2) is 17.0 Å². The fourth-order valence-electron chi connectivity index (χ4n) is 3.28. The SMILES string of the molecule is ClCCCCCl.N=N.NOCCCCCl.O.O=C1c2ccccc2C(=O)N1O.O=C1c2ccccc2C(=O)N1OCCCCCl.[HH]. The summed E-state index contributed by atoms with van der Waals surface area (Å²) in [5, 5.41) is 9.88. The molecular weight excluding hydrogens is 676 g/mol. The van der Waals surface area contributed by atoms with Crippen LogP contribution in [0.4, 0.5) is 0 Å². The Hall–Kier alpha value is -2.72. The third kappa shape index (κ3) is 15.4. The van der Waals surface area contributed by atoms with Crippen molar-refractivity contribution in [3.8, 4) is 0 Å². The molecule has 13 nitrogen and oxygen atoms in total. The van der Waals surface area contributed by atoms with Crippen molar-refractivity contribution in [3.05, 3.63) is 70.8 Å². The molecule has 2 heterocycles. The van der Waals surface area contributed by atoms with Gasteiger partial charge in [-0.2, -0.15) is 0 Å². The van der Waals surface area contributed by atoms with Crippen LogP contribution in [0.5, 0.6) is 0 Å². The standard InChI is InChI=1S/C12H12ClNO3.C8H5NO3.C4H8Cl2.C4H10ClNO.H2N2.H2O.H2/c13-7-3-4-8-17-14-11(15)9-5-1-2-6-10(9)12(14)16;10-7-5-3-1-2-4-6(5)8(11)9(7)12;5-3-1-2-4-6;5-3-1-2-4-7-6;1-2;;/h1-2,5-6H,3-4,7-8H2;1-4,12H;1-4H2;1-4,6H2;1-2H;1H2;1H. The molecule has 2 aromatic rings. The van der Waals surface area contributed by atoms with E-state index >= 15 is 0 Å². The van der Waals surface area contributed by atoms with Gasteiger partial charge >= 0.3 is 0 Å². The molecule has 0 atom stereocenters. The molecule has 0 spiro atoms. The average Bonchev–Trinajstić information content (AvgIpc) is 3.44. The largest absolute Gasteiger partial charge is 0.412 e. The molecule has 0 saturated carbocycles. The molecule has 17 heteroatoms. The third-order valence-electron chi connectivity index (χ3n) is 5.44. The molecule has 0 fully saturated rings. The second kappa shape index (κ2) is 27.6. The molecule has 0 saturated heterocycles. The molecule has 0 radical (unpaired) electrons. The lowest BCUT2D eigenvalue weighted by Crippen LogP contribution is -2.30. The van der Waals surface area contributed by atoms with Gasteiger partial charge in [-0.1, -0.05) is 24.3 Å². The first-order chi connectivity index (χ1) is 21.3. The van der Waals surface area contributed by atoms with Crippen LogP contribution in [0.1, 0.15) is 81.4 Å². The zero-order valence-electron chi connectivity index (χ0n) is 24.5. The van der Waals surface area contributed by atoms with Crippen LogP contribution in [0.25, 0.3) is 0 Å². The topological polar surface area (TPSA) is 219 Å². The highest BCUT2D eigenvalue weighted by Gasteiger charge is 2.36. The number of halogens is 4. The summed E-state index contributed by atoms with van der Waals surface area (Å²) in [5.41, 5.74) is 11.3. The molecule has 0 aromatic heterocycles. The minimum absolute atomic E-state index is 0. The Morgan fingerprint density at radius 1 is 0.622 bits per heavy atom. The van der Waals surface area contributed by atoms with Gasteiger partial charge in [0.2, 0.25) is 0 Å². The molecule has 0 bridgehead atoms. The predicted octanol–water partition coefficient (Wildman–Crippen LogP) is 6.06. The van der Waals surface area contributed by atoms with Crippen LogP contribution in [0, 0.1) is 11.1 Å². The smallest absolute Gasteiger partial charge is 0.285 e. The van der Waals surface area contributed by atoms with Gasteiger partial charge in [0.25, 0.3) is 23.6 Å². The summed E-state index contributed by atoms with van der Waals surface area (Å²) in [4.78, 5) is 55.2. The fourth-order valence-corrected chi connectivity index (χ4v) is 4.04. The first-order valence-corrected chi connectivity index (χ1v) is 15.5. The molecule has 45 heavy (non-hydrogen) atoms. The first-order valence-electron chi connectivity index (χ1n) is 13.4. The molecule has 0 unspecified atom stereocenters. The van der Waals surface area contributed by atoms with E-state index in [1.165, 1.54) is 12.1 Å². The van der Waals surface area contributed by atoms with Crippen molar-refractivity contribution >= 4 is 70.0 Å². The number of imide groups is 2. The van der Waals surface area contributed by atoms with Gasteiger partial charge in [0.05, 0.1) is 35.5 Å². The maximum absolute atomic E-state index is 11.8. The quantitative estimate of drug-likeness (QED) is 0.0504. The van der Waals surface area contributed by atoms with Crippen molar-refractivity contribution in [2.45, 2.75) is 38.5 Å². The summed E-state index contributed by atoms with van der Waals surface area (Å²) in [7, 11) is 0. The maximum atomic E-state index is 11.8. The van der Waals surface area contributed by atoms with Gasteiger partial charge in [0, 0.05) is 24.9 Å². The van der Waals surface area contributed by atoms with Crippen LogP contribution >= 0.6 is 46.4 Å². The average molecular weight is 717 g/mol. The Morgan fingerprint density at radius 2 is 0.933 bits per heavy atom. The predicted molar refractivity (Wildman–Crippen MR) is 174 cm³/mol. The maximum Gasteiger partial charge on any atom is 0.285 e. The lowest BCUT2D eigenvalue weighted by Gasteiger charge is -2.12. The molecule has 4 amide bonds.